The fourth-order valence-electron chi connectivity index (χ4n) is 6.53. The molecular formula is C31H37FN2O. The van der Waals surface area contributed by atoms with Crippen molar-refractivity contribution in [3.05, 3.63) is 64.0 Å². The number of aryl methyl sites for hydroxylation is 2. The Kier molecular flexibility index (Phi) is 7.81. The van der Waals surface area contributed by atoms with Gasteiger partial charge in [0.2, 0.25) is 0 Å². The van der Waals surface area contributed by atoms with Crippen molar-refractivity contribution >= 4 is 0 Å². The van der Waals surface area contributed by atoms with Gasteiger partial charge in [0.1, 0.15) is 12.1 Å². The molecule has 0 radical (unpaired) electrons. The average molecular weight is 473 g/mol. The number of halogens is 1. The van der Waals surface area contributed by atoms with Crippen LogP contribution in [0.15, 0.2) is 30.3 Å². The predicted octanol–water partition coefficient (Wildman–Crippen LogP) is 7.93. The maximum absolute atomic E-state index is 14.5. The van der Waals surface area contributed by atoms with Crippen LogP contribution in [-0.2, 0) is 18.3 Å². The summed E-state index contributed by atoms with van der Waals surface area (Å²) in [5.74, 6) is -0.0572. The molecule has 0 aliphatic heterocycles. The Morgan fingerprint density at radius 3 is 2.20 bits per heavy atom. The van der Waals surface area contributed by atoms with Crippen molar-refractivity contribution in [3.63, 3.8) is 0 Å². The molecule has 3 nitrogen and oxygen atoms in total. The Balaban J connectivity index is 1.52. The Morgan fingerprint density at radius 2 is 1.60 bits per heavy atom. The molecule has 0 heterocycles. The topological polar surface area (TPSA) is 56.8 Å². The number of nitriles is 2. The molecule has 0 aromatic heterocycles. The SMILES string of the molecule is CCCCOc1ccc(CCc2ccc(C34CCC(CCC)(CC3)CC4)c(C#N)c2C#N)cc1F. The number of hydrogen-bond acceptors (Lipinski definition) is 3. The first-order valence-corrected chi connectivity index (χ1v) is 13.4. The predicted molar refractivity (Wildman–Crippen MR) is 137 cm³/mol. The number of nitrogens with zero attached hydrogens (tertiary/aromatic N) is 2. The van der Waals surface area contributed by atoms with Crippen LogP contribution < -0.4 is 4.74 Å². The monoisotopic (exact) mass is 472 g/mol. The van der Waals surface area contributed by atoms with Gasteiger partial charge in [0, 0.05) is 0 Å². The van der Waals surface area contributed by atoms with E-state index < -0.39 is 0 Å². The van der Waals surface area contributed by atoms with Gasteiger partial charge in [-0.15, -0.1) is 0 Å². The van der Waals surface area contributed by atoms with E-state index >= 15 is 0 Å². The molecule has 2 bridgehead atoms. The summed E-state index contributed by atoms with van der Waals surface area (Å²) in [5.41, 5.74) is 4.46. The van der Waals surface area contributed by atoms with Crippen LogP contribution in [0.4, 0.5) is 4.39 Å². The summed E-state index contributed by atoms with van der Waals surface area (Å²) in [5, 5.41) is 20.2. The standard InChI is InChI=1S/C31H37FN2O/c1-3-5-19-35-29-11-7-23(20-28(29)32)6-8-24-9-10-27(26(22-34)25(24)21-33)31-16-13-30(12-4-2,14-17-31)15-18-31/h7,9-11,20H,3-6,8,12-19H2,1-2H3. The highest BCUT2D eigenvalue weighted by molar-refractivity contribution is 5.57. The number of fused-ring (bicyclic) bond motifs is 3. The molecule has 35 heavy (non-hydrogen) atoms. The van der Waals surface area contributed by atoms with Crippen molar-refractivity contribution in [1.29, 1.82) is 10.5 Å². The lowest BCUT2D eigenvalue weighted by atomic mass is 9.50. The molecule has 0 saturated heterocycles. The Morgan fingerprint density at radius 1 is 0.886 bits per heavy atom. The minimum atomic E-state index is -0.347. The second-order valence-electron chi connectivity index (χ2n) is 10.7. The minimum Gasteiger partial charge on any atom is -0.491 e. The van der Waals surface area contributed by atoms with Crippen molar-refractivity contribution in [2.75, 3.05) is 6.61 Å². The highest BCUT2D eigenvalue weighted by Crippen LogP contribution is 2.60. The summed E-state index contributed by atoms with van der Waals surface area (Å²) >= 11 is 0. The van der Waals surface area contributed by atoms with E-state index in [1.807, 2.05) is 12.1 Å². The second kappa shape index (κ2) is 10.8. The van der Waals surface area contributed by atoms with Crippen molar-refractivity contribution in [3.8, 4) is 17.9 Å². The third-order valence-electron chi connectivity index (χ3n) is 8.70. The minimum absolute atomic E-state index is 0.0431. The van der Waals surface area contributed by atoms with Crippen LogP contribution in [0.3, 0.4) is 0 Å². The highest BCUT2D eigenvalue weighted by atomic mass is 19.1. The van der Waals surface area contributed by atoms with Crippen molar-refractivity contribution in [1.82, 2.24) is 0 Å². The maximum Gasteiger partial charge on any atom is 0.165 e. The zero-order valence-electron chi connectivity index (χ0n) is 21.3. The Labute approximate surface area is 209 Å². The van der Waals surface area contributed by atoms with E-state index in [1.54, 1.807) is 6.07 Å². The molecule has 0 N–H and O–H groups in total. The number of hydrogen-bond donors (Lipinski definition) is 0. The first-order valence-electron chi connectivity index (χ1n) is 13.4. The average Bonchev–Trinajstić information content (AvgIpc) is 2.89. The third kappa shape index (κ3) is 5.08. The lowest BCUT2D eigenvalue weighted by Crippen LogP contribution is -2.44. The highest BCUT2D eigenvalue weighted by Gasteiger charge is 2.49. The molecule has 0 spiro atoms. The normalized spacial score (nSPS) is 23.0. The molecule has 3 aliphatic rings. The molecule has 2 aromatic rings. The first-order chi connectivity index (χ1) is 17.0. The number of benzene rings is 2. The lowest BCUT2D eigenvalue weighted by Gasteiger charge is -2.54. The van der Waals surface area contributed by atoms with Gasteiger partial charge in [0.25, 0.3) is 0 Å². The van der Waals surface area contributed by atoms with Gasteiger partial charge in [-0.3, -0.25) is 0 Å². The molecule has 184 valence electrons. The van der Waals surface area contributed by atoms with E-state index in [2.05, 4.69) is 32.1 Å². The zero-order chi connectivity index (χ0) is 24.9. The molecule has 0 atom stereocenters. The fraction of sp³-hybridized carbons (Fsp3) is 0.548. The molecule has 4 heteroatoms. The van der Waals surface area contributed by atoms with Crippen molar-refractivity contribution in [2.45, 2.75) is 96.3 Å². The molecular weight excluding hydrogens is 435 g/mol. The van der Waals surface area contributed by atoms with E-state index in [1.165, 1.54) is 38.2 Å². The molecule has 5 rings (SSSR count). The Bertz CT molecular complexity index is 1120. The van der Waals surface area contributed by atoms with Gasteiger partial charge < -0.3 is 4.74 Å². The summed E-state index contributed by atoms with van der Waals surface area (Å²) in [6, 6.07) is 14.0. The van der Waals surface area contributed by atoms with Crippen LogP contribution in [-0.4, -0.2) is 6.61 Å². The van der Waals surface area contributed by atoms with Crippen LogP contribution in [0.5, 0.6) is 5.75 Å². The van der Waals surface area contributed by atoms with Crippen LogP contribution in [0.1, 0.15) is 106 Å². The van der Waals surface area contributed by atoms with Gasteiger partial charge >= 0.3 is 0 Å². The molecule has 3 fully saturated rings. The van der Waals surface area contributed by atoms with Gasteiger partial charge in [-0.1, -0.05) is 44.9 Å². The number of rotatable bonds is 10. The molecule has 2 aromatic carbocycles. The smallest absolute Gasteiger partial charge is 0.165 e. The van der Waals surface area contributed by atoms with Gasteiger partial charge in [-0.25, -0.2) is 4.39 Å². The van der Waals surface area contributed by atoms with E-state index in [4.69, 9.17) is 4.74 Å². The van der Waals surface area contributed by atoms with Crippen molar-refractivity contribution in [2.24, 2.45) is 5.41 Å². The molecule has 3 aliphatic carbocycles. The van der Waals surface area contributed by atoms with Crippen LogP contribution in [0.25, 0.3) is 0 Å². The lowest BCUT2D eigenvalue weighted by molar-refractivity contribution is 0.0319. The molecule has 0 amide bonds. The zero-order valence-corrected chi connectivity index (χ0v) is 21.3. The van der Waals surface area contributed by atoms with Crippen LogP contribution >= 0.6 is 0 Å². The van der Waals surface area contributed by atoms with Crippen molar-refractivity contribution < 1.29 is 9.13 Å². The largest absolute Gasteiger partial charge is 0.491 e. The van der Waals surface area contributed by atoms with Gasteiger partial charge in [-0.05, 0) is 104 Å². The van der Waals surface area contributed by atoms with Gasteiger partial charge in [-0.2, -0.15) is 10.5 Å². The summed E-state index contributed by atoms with van der Waals surface area (Å²) < 4.78 is 20.0. The van der Waals surface area contributed by atoms with E-state index in [0.29, 0.717) is 41.7 Å². The molecule has 3 saturated carbocycles. The number of ether oxygens (including phenoxy) is 1. The summed E-state index contributed by atoms with van der Waals surface area (Å²) in [6.07, 6.45) is 12.7. The van der Waals surface area contributed by atoms with E-state index in [9.17, 15) is 14.9 Å². The van der Waals surface area contributed by atoms with Crippen LogP contribution in [0.2, 0.25) is 0 Å². The first kappa shape index (κ1) is 25.2. The number of unbranched alkanes of at least 4 members (excludes halogenated alkanes) is 1. The van der Waals surface area contributed by atoms with Gasteiger partial charge in [0.05, 0.1) is 17.7 Å². The molecule has 0 unspecified atom stereocenters. The second-order valence-corrected chi connectivity index (χ2v) is 10.7. The van der Waals surface area contributed by atoms with E-state index in [-0.39, 0.29) is 11.2 Å². The third-order valence-corrected chi connectivity index (χ3v) is 8.70. The summed E-state index contributed by atoms with van der Waals surface area (Å²) in [7, 11) is 0. The van der Waals surface area contributed by atoms with Gasteiger partial charge in [0.15, 0.2) is 11.6 Å². The Hall–Kier alpha value is -2.85. The summed E-state index contributed by atoms with van der Waals surface area (Å²) in [4.78, 5) is 0. The fourth-order valence-corrected chi connectivity index (χ4v) is 6.53. The van der Waals surface area contributed by atoms with E-state index in [0.717, 1.165) is 48.8 Å². The summed E-state index contributed by atoms with van der Waals surface area (Å²) in [6.45, 7) is 4.87. The van der Waals surface area contributed by atoms with Crippen LogP contribution in [0, 0.1) is 33.9 Å². The maximum atomic E-state index is 14.5. The quantitative estimate of drug-likeness (QED) is 0.330.